The summed E-state index contributed by atoms with van der Waals surface area (Å²) in [7, 11) is 0. The monoisotopic (exact) mass is 546 g/mol. The Balaban J connectivity index is 1.47. The van der Waals surface area contributed by atoms with Gasteiger partial charge in [0.1, 0.15) is 29.7 Å². The molecule has 0 atom stereocenters. The largest absolute Gasteiger partial charge is 0.488 e. The van der Waals surface area contributed by atoms with Crippen LogP contribution in [0.4, 0.5) is 13.6 Å². The zero-order chi connectivity index (χ0) is 22.7. The van der Waals surface area contributed by atoms with Crippen LogP contribution in [0.1, 0.15) is 16.7 Å². The summed E-state index contributed by atoms with van der Waals surface area (Å²) in [5, 5.41) is 2.53. The number of rotatable bonds is 6. The molecule has 0 unspecified atom stereocenters. The smallest absolute Gasteiger partial charge is 0.329 e. The second-order valence-electron chi connectivity index (χ2n) is 7.04. The molecule has 3 aromatic carbocycles. The second-order valence-corrected chi connectivity index (χ2v) is 8.20. The number of hydrogen-bond acceptors (Lipinski definition) is 3. The van der Waals surface area contributed by atoms with Gasteiger partial charge in [0.2, 0.25) is 0 Å². The van der Waals surface area contributed by atoms with E-state index in [2.05, 4.69) is 27.9 Å². The lowest BCUT2D eigenvalue weighted by Crippen LogP contribution is -2.30. The third-order valence-corrected chi connectivity index (χ3v) is 5.70. The second kappa shape index (κ2) is 9.47. The molecule has 4 rings (SSSR count). The van der Waals surface area contributed by atoms with Crippen molar-refractivity contribution < 1.29 is 23.1 Å². The van der Waals surface area contributed by atoms with Crippen molar-refractivity contribution >= 4 is 40.6 Å². The van der Waals surface area contributed by atoms with E-state index in [1.54, 1.807) is 54.6 Å². The molecule has 5 nitrogen and oxygen atoms in total. The Morgan fingerprint density at radius 3 is 2.25 bits per heavy atom. The minimum absolute atomic E-state index is 0.0860. The molecule has 0 radical (unpaired) electrons. The van der Waals surface area contributed by atoms with Gasteiger partial charge in [-0.2, -0.15) is 0 Å². The van der Waals surface area contributed by atoms with Gasteiger partial charge in [-0.3, -0.25) is 9.69 Å². The summed E-state index contributed by atoms with van der Waals surface area (Å²) in [6, 6.07) is 17.0. The molecule has 0 aliphatic carbocycles. The number of amides is 3. The van der Waals surface area contributed by atoms with Crippen molar-refractivity contribution in [3.8, 4) is 5.75 Å². The summed E-state index contributed by atoms with van der Waals surface area (Å²) in [5.74, 6) is -0.780. The maximum atomic E-state index is 13.9. The van der Waals surface area contributed by atoms with E-state index in [9.17, 15) is 18.4 Å². The summed E-state index contributed by atoms with van der Waals surface area (Å²) in [4.78, 5) is 25.9. The van der Waals surface area contributed by atoms with Crippen molar-refractivity contribution in [2.45, 2.75) is 13.2 Å². The number of halogens is 3. The lowest BCUT2D eigenvalue weighted by atomic mass is 10.1. The van der Waals surface area contributed by atoms with E-state index in [0.29, 0.717) is 16.9 Å². The van der Waals surface area contributed by atoms with Gasteiger partial charge < -0.3 is 10.1 Å². The standard InChI is InChI=1S/C24H17F2IN2O3/c25-18-7-3-1-5-16(18)13-29-23(30)21(28-24(29)31)12-15-9-10-22(20(27)11-15)32-14-17-6-2-4-8-19(17)26/h1-12H,13-14H2,(H,28,31)/b21-12+. The Bertz CT molecular complexity index is 1230. The fourth-order valence-electron chi connectivity index (χ4n) is 3.17. The molecule has 0 bridgehead atoms. The summed E-state index contributed by atoms with van der Waals surface area (Å²) in [5.41, 5.74) is 1.47. The van der Waals surface area contributed by atoms with E-state index in [0.717, 1.165) is 8.47 Å². The molecule has 3 aromatic rings. The number of benzene rings is 3. The Morgan fingerprint density at radius 1 is 0.938 bits per heavy atom. The Hall–Kier alpha value is -3.27. The van der Waals surface area contributed by atoms with Gasteiger partial charge in [0, 0.05) is 11.1 Å². The van der Waals surface area contributed by atoms with Gasteiger partial charge in [-0.25, -0.2) is 13.6 Å². The van der Waals surface area contributed by atoms with Crippen LogP contribution in [0.15, 0.2) is 72.4 Å². The number of carbonyl (C=O) groups is 2. The van der Waals surface area contributed by atoms with Gasteiger partial charge in [-0.1, -0.05) is 42.5 Å². The maximum absolute atomic E-state index is 13.9. The van der Waals surface area contributed by atoms with Crippen molar-refractivity contribution in [3.05, 3.63) is 104 Å². The minimum Gasteiger partial charge on any atom is -0.488 e. The van der Waals surface area contributed by atoms with Gasteiger partial charge in [-0.05, 0) is 58.5 Å². The molecule has 0 spiro atoms. The highest BCUT2D eigenvalue weighted by atomic mass is 127. The van der Waals surface area contributed by atoms with E-state index >= 15 is 0 Å². The quantitative estimate of drug-likeness (QED) is 0.262. The van der Waals surface area contributed by atoms with Crippen LogP contribution in [0.25, 0.3) is 6.08 Å². The third-order valence-electron chi connectivity index (χ3n) is 4.86. The molecule has 1 fully saturated rings. The number of urea groups is 1. The minimum atomic E-state index is -0.607. The van der Waals surface area contributed by atoms with Crippen LogP contribution in [0.2, 0.25) is 0 Å². The predicted molar refractivity (Wildman–Crippen MR) is 123 cm³/mol. The van der Waals surface area contributed by atoms with Gasteiger partial charge in [-0.15, -0.1) is 0 Å². The molecule has 3 amide bonds. The zero-order valence-corrected chi connectivity index (χ0v) is 18.8. The number of carbonyl (C=O) groups excluding carboxylic acids is 2. The number of hydrogen-bond donors (Lipinski definition) is 1. The van der Waals surface area contributed by atoms with E-state index < -0.39 is 17.8 Å². The highest BCUT2D eigenvalue weighted by molar-refractivity contribution is 14.1. The van der Waals surface area contributed by atoms with Crippen molar-refractivity contribution in [1.82, 2.24) is 10.2 Å². The first kappa shape index (κ1) is 21.9. The number of ether oxygens (including phenoxy) is 1. The van der Waals surface area contributed by atoms with Crippen LogP contribution in [0, 0.1) is 15.2 Å². The normalized spacial score (nSPS) is 14.7. The molecule has 0 saturated carbocycles. The Kier molecular flexibility index (Phi) is 6.50. The molecule has 32 heavy (non-hydrogen) atoms. The van der Waals surface area contributed by atoms with Crippen LogP contribution in [-0.2, 0) is 17.9 Å². The number of nitrogens with zero attached hydrogens (tertiary/aromatic N) is 1. The molecular weight excluding hydrogens is 529 g/mol. The van der Waals surface area contributed by atoms with E-state index in [1.165, 1.54) is 18.2 Å². The summed E-state index contributed by atoms with van der Waals surface area (Å²) < 4.78 is 34.1. The van der Waals surface area contributed by atoms with Crippen molar-refractivity contribution in [1.29, 1.82) is 0 Å². The Morgan fingerprint density at radius 2 is 1.59 bits per heavy atom. The molecule has 1 heterocycles. The van der Waals surface area contributed by atoms with Crippen LogP contribution in [-0.4, -0.2) is 16.8 Å². The van der Waals surface area contributed by atoms with Crippen molar-refractivity contribution in [3.63, 3.8) is 0 Å². The van der Waals surface area contributed by atoms with E-state index in [-0.39, 0.29) is 30.2 Å². The lowest BCUT2D eigenvalue weighted by Gasteiger charge is -2.12. The van der Waals surface area contributed by atoms with Gasteiger partial charge >= 0.3 is 6.03 Å². The number of imide groups is 1. The fraction of sp³-hybridized carbons (Fsp3) is 0.0833. The molecule has 1 saturated heterocycles. The van der Waals surface area contributed by atoms with Crippen LogP contribution in [0.3, 0.4) is 0 Å². The highest BCUT2D eigenvalue weighted by Gasteiger charge is 2.34. The molecule has 1 aliphatic rings. The third kappa shape index (κ3) is 4.80. The first-order chi connectivity index (χ1) is 15.4. The van der Waals surface area contributed by atoms with Crippen LogP contribution >= 0.6 is 22.6 Å². The fourth-order valence-corrected chi connectivity index (χ4v) is 3.87. The van der Waals surface area contributed by atoms with E-state index in [4.69, 9.17) is 4.74 Å². The molecule has 1 aliphatic heterocycles. The molecule has 1 N–H and O–H groups in total. The molecule has 0 aromatic heterocycles. The van der Waals surface area contributed by atoms with E-state index in [1.807, 2.05) is 0 Å². The molecular formula is C24H17F2IN2O3. The average molecular weight is 546 g/mol. The predicted octanol–water partition coefficient (Wildman–Crippen LogP) is 5.24. The van der Waals surface area contributed by atoms with Crippen molar-refractivity contribution in [2.24, 2.45) is 0 Å². The first-order valence-electron chi connectivity index (χ1n) is 9.66. The first-order valence-corrected chi connectivity index (χ1v) is 10.7. The average Bonchev–Trinajstić information content (AvgIpc) is 3.03. The summed E-state index contributed by atoms with van der Waals surface area (Å²) in [6.45, 7) is -0.0717. The lowest BCUT2D eigenvalue weighted by molar-refractivity contribution is -0.123. The summed E-state index contributed by atoms with van der Waals surface area (Å²) in [6.07, 6.45) is 1.55. The zero-order valence-electron chi connectivity index (χ0n) is 16.6. The van der Waals surface area contributed by atoms with Crippen molar-refractivity contribution in [2.75, 3.05) is 0 Å². The highest BCUT2D eigenvalue weighted by Crippen LogP contribution is 2.25. The van der Waals surface area contributed by atoms with Crippen LogP contribution < -0.4 is 10.1 Å². The summed E-state index contributed by atoms with van der Waals surface area (Å²) >= 11 is 2.08. The maximum Gasteiger partial charge on any atom is 0.329 e. The van der Waals surface area contributed by atoms with Gasteiger partial charge in [0.05, 0.1) is 10.1 Å². The molecule has 162 valence electrons. The van der Waals surface area contributed by atoms with Gasteiger partial charge in [0.15, 0.2) is 0 Å². The SMILES string of the molecule is O=C1N/C(=C/c2ccc(OCc3ccccc3F)c(I)c2)C(=O)N1Cc1ccccc1F. The number of nitrogens with one attached hydrogen (secondary N) is 1. The molecule has 8 heteroatoms. The van der Waals surface area contributed by atoms with Crippen LogP contribution in [0.5, 0.6) is 5.75 Å². The topological polar surface area (TPSA) is 58.6 Å². The Labute approximate surface area is 196 Å². The van der Waals surface area contributed by atoms with Gasteiger partial charge in [0.25, 0.3) is 5.91 Å².